The van der Waals surface area contributed by atoms with E-state index in [4.69, 9.17) is 9.47 Å². The number of aryl methyl sites for hydroxylation is 2. The number of para-hydroxylation sites is 1. The van der Waals surface area contributed by atoms with Gasteiger partial charge in [-0.25, -0.2) is 0 Å². The van der Waals surface area contributed by atoms with E-state index in [9.17, 15) is 4.79 Å². The smallest absolute Gasteiger partial charge is 0.230 e. The van der Waals surface area contributed by atoms with Crippen LogP contribution in [-0.4, -0.2) is 40.3 Å². The highest BCUT2D eigenvalue weighted by Gasteiger charge is 2.38. The average Bonchev–Trinajstić information content (AvgIpc) is 3.48. The number of carbonyl (C=O) groups is 1. The van der Waals surface area contributed by atoms with Crippen LogP contribution in [0.3, 0.4) is 0 Å². The van der Waals surface area contributed by atoms with Crippen LogP contribution in [0.4, 0.5) is 0 Å². The molecule has 0 saturated heterocycles. The van der Waals surface area contributed by atoms with Crippen molar-refractivity contribution in [2.75, 3.05) is 13.7 Å². The molecule has 1 aliphatic heterocycles. The van der Waals surface area contributed by atoms with E-state index in [2.05, 4.69) is 16.9 Å². The summed E-state index contributed by atoms with van der Waals surface area (Å²) in [5.41, 5.74) is 4.34. The molecule has 2 aliphatic rings. The number of methoxy groups -OCH3 is 1. The van der Waals surface area contributed by atoms with Gasteiger partial charge in [-0.1, -0.05) is 12.1 Å². The number of fused-ring (bicyclic) bond motifs is 1. The summed E-state index contributed by atoms with van der Waals surface area (Å²) >= 11 is 0. The summed E-state index contributed by atoms with van der Waals surface area (Å²) in [6.45, 7) is 5.12. The van der Waals surface area contributed by atoms with E-state index in [1.807, 2.05) is 36.9 Å². The van der Waals surface area contributed by atoms with Crippen LogP contribution in [0.15, 0.2) is 18.2 Å². The van der Waals surface area contributed by atoms with Crippen LogP contribution in [-0.2, 0) is 24.8 Å². The minimum absolute atomic E-state index is 0.150. The molecular weight excluding hydrogens is 342 g/mol. The average molecular weight is 369 g/mol. The van der Waals surface area contributed by atoms with Gasteiger partial charge in [-0.15, -0.1) is 0 Å². The van der Waals surface area contributed by atoms with Gasteiger partial charge in [0, 0.05) is 30.9 Å². The molecule has 1 amide bonds. The van der Waals surface area contributed by atoms with Crippen LogP contribution in [0.2, 0.25) is 0 Å². The summed E-state index contributed by atoms with van der Waals surface area (Å²) in [6.07, 6.45) is 2.86. The number of aromatic nitrogens is 2. The maximum absolute atomic E-state index is 13.4. The lowest BCUT2D eigenvalue weighted by Gasteiger charge is -2.31. The second-order valence-electron chi connectivity index (χ2n) is 7.63. The number of hydrogen-bond donors (Lipinski definition) is 0. The summed E-state index contributed by atoms with van der Waals surface area (Å²) in [5, 5.41) is 4.50. The van der Waals surface area contributed by atoms with Gasteiger partial charge in [-0.3, -0.25) is 9.48 Å². The Morgan fingerprint density at radius 2 is 2.15 bits per heavy atom. The Labute approximate surface area is 160 Å². The second-order valence-corrected chi connectivity index (χ2v) is 7.63. The molecular formula is C21H27N3O3. The normalized spacial score (nSPS) is 18.6. The first-order valence-corrected chi connectivity index (χ1v) is 9.57. The van der Waals surface area contributed by atoms with E-state index < -0.39 is 0 Å². The van der Waals surface area contributed by atoms with Crippen molar-refractivity contribution in [3.63, 3.8) is 0 Å². The number of carbonyl (C=O) groups excluding carboxylic acids is 1. The Balaban J connectivity index is 1.55. The molecule has 1 aromatic heterocycles. The Bertz CT molecular complexity index is 870. The largest absolute Gasteiger partial charge is 0.493 e. The van der Waals surface area contributed by atoms with E-state index in [-0.39, 0.29) is 11.8 Å². The van der Waals surface area contributed by atoms with Gasteiger partial charge in [0.2, 0.25) is 5.91 Å². The molecule has 0 spiro atoms. The highest BCUT2D eigenvalue weighted by molar-refractivity contribution is 5.80. The fourth-order valence-electron chi connectivity index (χ4n) is 3.94. The molecule has 27 heavy (non-hydrogen) atoms. The lowest BCUT2D eigenvalue weighted by atomic mass is 9.94. The maximum Gasteiger partial charge on any atom is 0.230 e. The van der Waals surface area contributed by atoms with Gasteiger partial charge in [0.05, 0.1) is 18.7 Å². The molecule has 1 aromatic carbocycles. The summed E-state index contributed by atoms with van der Waals surface area (Å²) in [7, 11) is 3.60. The topological polar surface area (TPSA) is 56.6 Å². The lowest BCUT2D eigenvalue weighted by Crippen LogP contribution is -2.42. The molecule has 1 fully saturated rings. The molecule has 0 N–H and O–H groups in total. The molecule has 2 aromatic rings. The van der Waals surface area contributed by atoms with E-state index in [1.165, 1.54) is 0 Å². The van der Waals surface area contributed by atoms with Crippen LogP contribution in [0.25, 0.3) is 0 Å². The Morgan fingerprint density at radius 1 is 1.37 bits per heavy atom. The van der Waals surface area contributed by atoms with Crippen molar-refractivity contribution < 1.29 is 14.3 Å². The molecule has 144 valence electrons. The zero-order valence-corrected chi connectivity index (χ0v) is 16.5. The van der Waals surface area contributed by atoms with E-state index in [0.29, 0.717) is 25.6 Å². The lowest BCUT2D eigenvalue weighted by molar-refractivity contribution is -0.138. The van der Waals surface area contributed by atoms with Crippen molar-refractivity contribution in [1.82, 2.24) is 14.7 Å². The predicted molar refractivity (Wildman–Crippen MR) is 102 cm³/mol. The fourth-order valence-corrected chi connectivity index (χ4v) is 3.94. The van der Waals surface area contributed by atoms with Crippen molar-refractivity contribution in [3.05, 3.63) is 40.7 Å². The minimum Gasteiger partial charge on any atom is -0.493 e. The number of rotatable bonds is 5. The van der Waals surface area contributed by atoms with Crippen molar-refractivity contribution >= 4 is 5.91 Å². The van der Waals surface area contributed by atoms with Crippen LogP contribution in [0.1, 0.15) is 35.4 Å². The van der Waals surface area contributed by atoms with Crippen molar-refractivity contribution in [2.24, 2.45) is 13.0 Å². The van der Waals surface area contributed by atoms with Crippen LogP contribution in [0, 0.1) is 19.8 Å². The van der Waals surface area contributed by atoms with Gasteiger partial charge < -0.3 is 14.4 Å². The monoisotopic (exact) mass is 369 g/mol. The first kappa shape index (κ1) is 17.9. The third kappa shape index (κ3) is 3.29. The molecule has 2 heterocycles. The van der Waals surface area contributed by atoms with Gasteiger partial charge in [-0.05, 0) is 44.7 Å². The van der Waals surface area contributed by atoms with Gasteiger partial charge in [0.15, 0.2) is 11.5 Å². The number of nitrogens with zero attached hydrogens (tertiary/aromatic N) is 3. The van der Waals surface area contributed by atoms with Gasteiger partial charge in [0.1, 0.15) is 6.61 Å². The van der Waals surface area contributed by atoms with Gasteiger partial charge in [0.25, 0.3) is 0 Å². The third-order valence-corrected chi connectivity index (χ3v) is 5.78. The van der Waals surface area contributed by atoms with Crippen LogP contribution < -0.4 is 9.47 Å². The molecule has 6 nitrogen and oxygen atoms in total. The maximum atomic E-state index is 13.4. The molecule has 1 aliphatic carbocycles. The van der Waals surface area contributed by atoms with Crippen LogP contribution in [0.5, 0.6) is 11.5 Å². The highest BCUT2D eigenvalue weighted by Crippen LogP contribution is 2.38. The second kappa shape index (κ2) is 6.91. The molecule has 0 bridgehead atoms. The molecule has 1 saturated carbocycles. The summed E-state index contributed by atoms with van der Waals surface area (Å²) < 4.78 is 13.2. The zero-order chi connectivity index (χ0) is 19.1. The number of ether oxygens (including phenoxy) is 2. The predicted octanol–water partition coefficient (Wildman–Crippen LogP) is 2.79. The first-order chi connectivity index (χ1) is 13.0. The zero-order valence-electron chi connectivity index (χ0n) is 16.5. The van der Waals surface area contributed by atoms with Crippen molar-refractivity contribution in [1.29, 1.82) is 0 Å². The standard InChI is InChI=1S/C21H27N3O3/c1-13-18(14(2)23(3)22-13)11-24(17-8-9-17)21(25)16-10-15-6-5-7-19(26-4)20(15)27-12-16/h5-7,16-17H,8-12H2,1-4H3/t16-/m1/s1. The Morgan fingerprint density at radius 3 is 2.78 bits per heavy atom. The van der Waals surface area contributed by atoms with E-state index in [1.54, 1.807) is 7.11 Å². The molecule has 0 radical (unpaired) electrons. The number of amides is 1. The third-order valence-electron chi connectivity index (χ3n) is 5.78. The van der Waals surface area contributed by atoms with Crippen molar-refractivity contribution in [2.45, 2.75) is 45.7 Å². The SMILES string of the molecule is COc1cccc2c1OC[C@H](C(=O)N(Cc1c(C)nn(C)c1C)C1CC1)C2. The number of benzene rings is 1. The highest BCUT2D eigenvalue weighted by atomic mass is 16.5. The molecule has 4 rings (SSSR count). The van der Waals surface area contributed by atoms with Crippen molar-refractivity contribution in [3.8, 4) is 11.5 Å². The fraction of sp³-hybridized carbons (Fsp3) is 0.524. The summed E-state index contributed by atoms with van der Waals surface area (Å²) in [6, 6.07) is 6.22. The molecule has 1 atom stereocenters. The van der Waals surface area contributed by atoms with E-state index in [0.717, 1.165) is 46.9 Å². The minimum atomic E-state index is -0.150. The molecule has 0 unspecified atom stereocenters. The quantitative estimate of drug-likeness (QED) is 0.813. The van der Waals surface area contributed by atoms with Crippen LogP contribution >= 0.6 is 0 Å². The Hall–Kier alpha value is -2.50. The first-order valence-electron chi connectivity index (χ1n) is 9.57. The Kier molecular flexibility index (Phi) is 4.58. The molecule has 6 heteroatoms. The van der Waals surface area contributed by atoms with Gasteiger partial charge >= 0.3 is 0 Å². The summed E-state index contributed by atoms with van der Waals surface area (Å²) in [4.78, 5) is 15.4. The summed E-state index contributed by atoms with van der Waals surface area (Å²) in [5.74, 6) is 1.55. The van der Waals surface area contributed by atoms with Gasteiger partial charge in [-0.2, -0.15) is 5.10 Å². The van der Waals surface area contributed by atoms with E-state index >= 15 is 0 Å². The number of hydrogen-bond acceptors (Lipinski definition) is 4.